The van der Waals surface area contributed by atoms with Gasteiger partial charge in [-0.3, -0.25) is 4.99 Å². The van der Waals surface area contributed by atoms with Crippen molar-refractivity contribution in [2.45, 2.75) is 13.5 Å². The Morgan fingerprint density at radius 2 is 1.76 bits per heavy atom. The topological polar surface area (TPSA) is 18.8 Å². The molecule has 0 unspecified atom stereocenters. The number of nitrogens with zero attached hydrogens (tertiary/aromatic N) is 3. The van der Waals surface area contributed by atoms with E-state index in [0.717, 1.165) is 19.6 Å². The van der Waals surface area contributed by atoms with Crippen LogP contribution in [-0.2, 0) is 6.54 Å². The van der Waals surface area contributed by atoms with E-state index in [2.05, 4.69) is 52.7 Å². The standard InChI is InChI=1S/C14H21N3/c1-3-16-8-10-17(11-9-16)14-6-4-13(5-7-14)12-15-2/h4-7H,2-3,8-12H2,1H3. The molecule has 3 nitrogen and oxygen atoms in total. The van der Waals surface area contributed by atoms with Crippen LogP contribution in [0.5, 0.6) is 0 Å². The minimum absolute atomic E-state index is 0.712. The molecule has 1 aromatic rings. The molecule has 0 aromatic heterocycles. The molecule has 0 atom stereocenters. The number of likely N-dealkylation sites (N-methyl/N-ethyl adjacent to an activating group) is 1. The summed E-state index contributed by atoms with van der Waals surface area (Å²) < 4.78 is 0. The highest BCUT2D eigenvalue weighted by Crippen LogP contribution is 2.17. The van der Waals surface area contributed by atoms with Gasteiger partial charge in [-0.15, -0.1) is 0 Å². The first-order valence-electron chi connectivity index (χ1n) is 6.32. The molecule has 0 saturated carbocycles. The van der Waals surface area contributed by atoms with E-state index in [0.29, 0.717) is 6.54 Å². The summed E-state index contributed by atoms with van der Waals surface area (Å²) >= 11 is 0. The van der Waals surface area contributed by atoms with E-state index in [4.69, 9.17) is 0 Å². The largest absolute Gasteiger partial charge is 0.369 e. The predicted octanol–water partition coefficient (Wildman–Crippen LogP) is 2.03. The fourth-order valence-electron chi connectivity index (χ4n) is 2.26. The molecule has 1 saturated heterocycles. The molecule has 0 radical (unpaired) electrons. The normalized spacial score (nSPS) is 17.1. The number of rotatable bonds is 4. The van der Waals surface area contributed by atoms with Crippen molar-refractivity contribution in [1.29, 1.82) is 0 Å². The third-order valence-electron chi connectivity index (χ3n) is 3.42. The van der Waals surface area contributed by atoms with Gasteiger partial charge in [0.25, 0.3) is 0 Å². The van der Waals surface area contributed by atoms with Crippen LogP contribution in [-0.4, -0.2) is 44.3 Å². The Balaban J connectivity index is 1.96. The van der Waals surface area contributed by atoms with Crippen molar-refractivity contribution in [2.75, 3.05) is 37.6 Å². The van der Waals surface area contributed by atoms with Crippen molar-refractivity contribution in [3.63, 3.8) is 0 Å². The van der Waals surface area contributed by atoms with Crippen LogP contribution in [0, 0.1) is 0 Å². The molecule has 1 aliphatic heterocycles. The highest BCUT2D eigenvalue weighted by Gasteiger charge is 2.15. The lowest BCUT2D eigenvalue weighted by Crippen LogP contribution is -2.46. The second-order valence-electron chi connectivity index (χ2n) is 4.47. The van der Waals surface area contributed by atoms with Gasteiger partial charge in [-0.1, -0.05) is 19.1 Å². The van der Waals surface area contributed by atoms with E-state index in [-0.39, 0.29) is 0 Å². The average molecular weight is 231 g/mol. The third-order valence-corrected chi connectivity index (χ3v) is 3.42. The molecule has 1 fully saturated rings. The number of hydrogen-bond donors (Lipinski definition) is 0. The quantitative estimate of drug-likeness (QED) is 0.738. The fourth-order valence-corrected chi connectivity index (χ4v) is 2.26. The molecule has 17 heavy (non-hydrogen) atoms. The average Bonchev–Trinajstić information content (AvgIpc) is 2.40. The van der Waals surface area contributed by atoms with Gasteiger partial charge in [0.15, 0.2) is 0 Å². The minimum Gasteiger partial charge on any atom is -0.369 e. The van der Waals surface area contributed by atoms with Gasteiger partial charge in [0.05, 0.1) is 6.54 Å². The Morgan fingerprint density at radius 1 is 1.12 bits per heavy atom. The maximum atomic E-state index is 3.90. The van der Waals surface area contributed by atoms with Crippen molar-refractivity contribution in [3.8, 4) is 0 Å². The maximum Gasteiger partial charge on any atom is 0.0632 e. The van der Waals surface area contributed by atoms with Gasteiger partial charge in [-0.05, 0) is 31.0 Å². The van der Waals surface area contributed by atoms with Crippen LogP contribution in [0.15, 0.2) is 29.3 Å². The lowest BCUT2D eigenvalue weighted by molar-refractivity contribution is 0.271. The summed E-state index contributed by atoms with van der Waals surface area (Å²) in [6, 6.07) is 8.69. The molecular weight excluding hydrogens is 210 g/mol. The van der Waals surface area contributed by atoms with Crippen LogP contribution in [0.25, 0.3) is 0 Å². The summed E-state index contributed by atoms with van der Waals surface area (Å²) in [6.45, 7) is 12.2. The zero-order chi connectivity index (χ0) is 12.1. The molecule has 2 rings (SSSR count). The van der Waals surface area contributed by atoms with Crippen LogP contribution in [0.1, 0.15) is 12.5 Å². The molecule has 0 N–H and O–H groups in total. The summed E-state index contributed by atoms with van der Waals surface area (Å²) in [5.74, 6) is 0. The summed E-state index contributed by atoms with van der Waals surface area (Å²) in [7, 11) is 0. The third kappa shape index (κ3) is 3.07. The highest BCUT2D eigenvalue weighted by atomic mass is 15.3. The number of anilines is 1. The predicted molar refractivity (Wildman–Crippen MR) is 74.0 cm³/mol. The Labute approximate surface area is 104 Å². The molecule has 0 bridgehead atoms. The summed E-state index contributed by atoms with van der Waals surface area (Å²) in [4.78, 5) is 8.85. The monoisotopic (exact) mass is 231 g/mol. The van der Waals surface area contributed by atoms with Crippen molar-refractivity contribution in [3.05, 3.63) is 29.8 Å². The Morgan fingerprint density at radius 3 is 2.29 bits per heavy atom. The second kappa shape index (κ2) is 5.82. The summed E-state index contributed by atoms with van der Waals surface area (Å²) in [5.41, 5.74) is 2.56. The van der Waals surface area contributed by atoms with Crippen molar-refractivity contribution < 1.29 is 0 Å². The zero-order valence-electron chi connectivity index (χ0n) is 10.6. The summed E-state index contributed by atoms with van der Waals surface area (Å²) in [5, 5.41) is 0. The smallest absolute Gasteiger partial charge is 0.0632 e. The van der Waals surface area contributed by atoms with Gasteiger partial charge in [0.1, 0.15) is 0 Å². The molecular formula is C14H21N3. The Hall–Kier alpha value is -1.35. The van der Waals surface area contributed by atoms with Gasteiger partial charge < -0.3 is 9.80 Å². The van der Waals surface area contributed by atoms with Gasteiger partial charge in [0, 0.05) is 31.9 Å². The molecule has 0 amide bonds. The van der Waals surface area contributed by atoms with E-state index >= 15 is 0 Å². The fraction of sp³-hybridized carbons (Fsp3) is 0.500. The number of aliphatic imine (C=N–C) groups is 1. The molecule has 0 aliphatic carbocycles. The lowest BCUT2D eigenvalue weighted by atomic mass is 10.2. The van der Waals surface area contributed by atoms with E-state index in [1.807, 2.05) is 0 Å². The van der Waals surface area contributed by atoms with Crippen molar-refractivity contribution in [1.82, 2.24) is 4.90 Å². The number of benzene rings is 1. The summed E-state index contributed by atoms with van der Waals surface area (Å²) in [6.07, 6.45) is 0. The molecule has 3 heteroatoms. The highest BCUT2D eigenvalue weighted by molar-refractivity contribution is 5.48. The van der Waals surface area contributed by atoms with E-state index in [1.54, 1.807) is 0 Å². The first kappa shape index (κ1) is 12.1. The molecule has 0 spiro atoms. The molecule has 1 aliphatic rings. The number of piperazine rings is 1. The Bertz CT molecular complexity index is 350. The lowest BCUT2D eigenvalue weighted by Gasteiger charge is -2.35. The maximum absolute atomic E-state index is 3.90. The first-order valence-corrected chi connectivity index (χ1v) is 6.32. The van der Waals surface area contributed by atoms with E-state index in [9.17, 15) is 0 Å². The number of hydrogen-bond acceptors (Lipinski definition) is 3. The molecule has 92 valence electrons. The van der Waals surface area contributed by atoms with E-state index in [1.165, 1.54) is 24.3 Å². The van der Waals surface area contributed by atoms with Crippen LogP contribution in [0.4, 0.5) is 5.69 Å². The molecule has 1 heterocycles. The SMILES string of the molecule is C=NCc1ccc(N2CCN(CC)CC2)cc1. The first-order chi connectivity index (χ1) is 8.33. The van der Waals surface area contributed by atoms with Crippen LogP contribution < -0.4 is 4.90 Å². The van der Waals surface area contributed by atoms with Crippen LogP contribution in [0.2, 0.25) is 0 Å². The van der Waals surface area contributed by atoms with Gasteiger partial charge in [-0.2, -0.15) is 0 Å². The van der Waals surface area contributed by atoms with Crippen LogP contribution in [0.3, 0.4) is 0 Å². The van der Waals surface area contributed by atoms with Crippen molar-refractivity contribution >= 4 is 12.4 Å². The van der Waals surface area contributed by atoms with Gasteiger partial charge in [0.2, 0.25) is 0 Å². The van der Waals surface area contributed by atoms with Crippen molar-refractivity contribution in [2.24, 2.45) is 4.99 Å². The van der Waals surface area contributed by atoms with Gasteiger partial charge >= 0.3 is 0 Å². The molecule has 1 aromatic carbocycles. The Kier molecular flexibility index (Phi) is 4.15. The second-order valence-corrected chi connectivity index (χ2v) is 4.47. The minimum atomic E-state index is 0.712. The van der Waals surface area contributed by atoms with Crippen LogP contribution >= 0.6 is 0 Å². The van der Waals surface area contributed by atoms with Gasteiger partial charge in [-0.25, -0.2) is 0 Å². The zero-order valence-corrected chi connectivity index (χ0v) is 10.6. The van der Waals surface area contributed by atoms with E-state index < -0.39 is 0 Å².